The van der Waals surface area contributed by atoms with Crippen LogP contribution in [-0.2, 0) is 0 Å². The second-order valence-electron chi connectivity index (χ2n) is 4.22. The molecule has 1 amide bonds. The molecule has 5 nitrogen and oxygen atoms in total. The van der Waals surface area contributed by atoms with Crippen molar-refractivity contribution < 1.29 is 4.79 Å². The van der Waals surface area contributed by atoms with Gasteiger partial charge in [-0.15, -0.1) is 0 Å². The molecule has 0 radical (unpaired) electrons. The number of carbonyl (C=O) groups is 1. The number of aromatic amines is 1. The summed E-state index contributed by atoms with van der Waals surface area (Å²) < 4.78 is 0.365. The van der Waals surface area contributed by atoms with Crippen molar-refractivity contribution in [1.29, 1.82) is 0 Å². The average Bonchev–Trinajstić information content (AvgIpc) is 2.32. The Morgan fingerprint density at radius 1 is 1.59 bits per heavy atom. The van der Waals surface area contributed by atoms with Crippen LogP contribution in [0.1, 0.15) is 23.2 Å². The van der Waals surface area contributed by atoms with E-state index in [1.54, 1.807) is 11.0 Å². The van der Waals surface area contributed by atoms with Gasteiger partial charge in [0.25, 0.3) is 11.5 Å². The van der Waals surface area contributed by atoms with Crippen LogP contribution >= 0.6 is 15.9 Å². The van der Waals surface area contributed by atoms with Gasteiger partial charge in [-0.1, -0.05) is 0 Å². The molecule has 1 aromatic rings. The summed E-state index contributed by atoms with van der Waals surface area (Å²) in [5.41, 5.74) is 6.07. The highest BCUT2D eigenvalue weighted by Crippen LogP contribution is 2.13. The molecule has 1 saturated heterocycles. The SMILES string of the molecule is N[C@@H]1CCCN(C(=O)c2c[nH]c(=O)c(Br)c2)C1. The zero-order valence-electron chi connectivity index (χ0n) is 9.28. The van der Waals surface area contributed by atoms with Crippen molar-refractivity contribution in [2.45, 2.75) is 18.9 Å². The quantitative estimate of drug-likeness (QED) is 0.801. The highest BCUT2D eigenvalue weighted by Gasteiger charge is 2.22. The number of rotatable bonds is 1. The summed E-state index contributed by atoms with van der Waals surface area (Å²) in [5, 5.41) is 0. The summed E-state index contributed by atoms with van der Waals surface area (Å²) in [5.74, 6) is -0.0860. The Balaban J connectivity index is 2.18. The number of piperidine rings is 1. The third-order valence-electron chi connectivity index (χ3n) is 2.85. The molecule has 1 aliphatic heterocycles. The summed E-state index contributed by atoms with van der Waals surface area (Å²) >= 11 is 3.11. The third-order valence-corrected chi connectivity index (χ3v) is 3.44. The largest absolute Gasteiger partial charge is 0.337 e. The molecule has 3 N–H and O–H groups in total. The average molecular weight is 300 g/mol. The minimum Gasteiger partial charge on any atom is -0.337 e. The number of carbonyl (C=O) groups excluding carboxylic acids is 1. The topological polar surface area (TPSA) is 79.2 Å². The molecule has 6 heteroatoms. The van der Waals surface area contributed by atoms with Gasteiger partial charge < -0.3 is 15.6 Å². The fourth-order valence-corrected chi connectivity index (χ4v) is 2.32. The lowest BCUT2D eigenvalue weighted by molar-refractivity contribution is 0.0708. The Hall–Kier alpha value is -1.14. The molecule has 0 saturated carbocycles. The van der Waals surface area contributed by atoms with Crippen molar-refractivity contribution >= 4 is 21.8 Å². The van der Waals surface area contributed by atoms with Gasteiger partial charge in [-0.2, -0.15) is 0 Å². The van der Waals surface area contributed by atoms with E-state index in [9.17, 15) is 9.59 Å². The van der Waals surface area contributed by atoms with Crippen LogP contribution in [0.15, 0.2) is 21.5 Å². The van der Waals surface area contributed by atoms with Gasteiger partial charge in [-0.05, 0) is 34.8 Å². The number of nitrogens with one attached hydrogen (secondary N) is 1. The second-order valence-corrected chi connectivity index (χ2v) is 5.07. The zero-order chi connectivity index (χ0) is 12.4. The predicted molar refractivity (Wildman–Crippen MR) is 67.9 cm³/mol. The molecule has 2 rings (SSSR count). The monoisotopic (exact) mass is 299 g/mol. The molecule has 0 bridgehead atoms. The van der Waals surface area contributed by atoms with E-state index >= 15 is 0 Å². The minimum absolute atomic E-state index is 0.0545. The standard InChI is InChI=1S/C11H14BrN3O2/c12-9-4-7(5-14-10(9)16)11(17)15-3-1-2-8(13)6-15/h4-5,8H,1-3,6,13H2,(H,14,16)/t8-/m1/s1. The van der Waals surface area contributed by atoms with Crippen LogP contribution in [0.2, 0.25) is 0 Å². The maximum Gasteiger partial charge on any atom is 0.262 e. The van der Waals surface area contributed by atoms with Gasteiger partial charge in [-0.3, -0.25) is 9.59 Å². The molecule has 1 atom stereocenters. The van der Waals surface area contributed by atoms with Crippen molar-refractivity contribution in [3.8, 4) is 0 Å². The number of nitrogens with zero attached hydrogens (tertiary/aromatic N) is 1. The van der Waals surface area contributed by atoms with E-state index in [2.05, 4.69) is 20.9 Å². The van der Waals surface area contributed by atoms with Crippen LogP contribution in [0.5, 0.6) is 0 Å². The van der Waals surface area contributed by atoms with Crippen LogP contribution in [0.4, 0.5) is 0 Å². The number of halogens is 1. The number of aromatic nitrogens is 1. The molecular formula is C11H14BrN3O2. The number of amides is 1. The molecule has 0 unspecified atom stereocenters. The van der Waals surface area contributed by atoms with E-state index in [1.165, 1.54) is 6.20 Å². The third kappa shape index (κ3) is 2.76. The van der Waals surface area contributed by atoms with Gasteiger partial charge >= 0.3 is 0 Å². The summed E-state index contributed by atoms with van der Waals surface area (Å²) in [6, 6.07) is 1.60. The van der Waals surface area contributed by atoms with Gasteiger partial charge in [-0.25, -0.2) is 0 Å². The van der Waals surface area contributed by atoms with Crippen molar-refractivity contribution in [2.24, 2.45) is 5.73 Å². The van der Waals surface area contributed by atoms with Crippen LogP contribution in [0.25, 0.3) is 0 Å². The van der Waals surface area contributed by atoms with Gasteiger partial charge in [0.15, 0.2) is 0 Å². The molecule has 1 aromatic heterocycles. The zero-order valence-corrected chi connectivity index (χ0v) is 10.9. The van der Waals surface area contributed by atoms with Gasteiger partial charge in [0, 0.05) is 25.3 Å². The summed E-state index contributed by atoms with van der Waals surface area (Å²) in [6.07, 6.45) is 3.33. The van der Waals surface area contributed by atoms with Gasteiger partial charge in [0.05, 0.1) is 10.0 Å². The lowest BCUT2D eigenvalue weighted by Gasteiger charge is -2.30. The number of H-pyrrole nitrogens is 1. The molecule has 0 aromatic carbocycles. The van der Waals surface area contributed by atoms with Crippen LogP contribution in [0, 0.1) is 0 Å². The summed E-state index contributed by atoms with van der Waals surface area (Å²) in [4.78, 5) is 27.6. The molecular weight excluding hydrogens is 286 g/mol. The van der Waals surface area contributed by atoms with Crippen LogP contribution in [0.3, 0.4) is 0 Å². The molecule has 1 fully saturated rings. The lowest BCUT2D eigenvalue weighted by Crippen LogP contribution is -2.45. The molecule has 92 valence electrons. The van der Waals surface area contributed by atoms with Crippen molar-refractivity contribution in [3.63, 3.8) is 0 Å². The highest BCUT2D eigenvalue weighted by atomic mass is 79.9. The molecule has 17 heavy (non-hydrogen) atoms. The van der Waals surface area contributed by atoms with Crippen molar-refractivity contribution in [2.75, 3.05) is 13.1 Å². The number of hydrogen-bond donors (Lipinski definition) is 2. The predicted octanol–water partition coefficient (Wildman–Crippen LogP) is 0.701. The first-order valence-electron chi connectivity index (χ1n) is 5.51. The van der Waals surface area contributed by atoms with E-state index in [0.717, 1.165) is 19.4 Å². The van der Waals surface area contributed by atoms with Gasteiger partial charge in [0.2, 0.25) is 0 Å². The Morgan fingerprint density at radius 3 is 3.00 bits per heavy atom. The Morgan fingerprint density at radius 2 is 2.35 bits per heavy atom. The van der Waals surface area contributed by atoms with Crippen LogP contribution < -0.4 is 11.3 Å². The maximum atomic E-state index is 12.1. The number of likely N-dealkylation sites (tertiary alicyclic amines) is 1. The highest BCUT2D eigenvalue weighted by molar-refractivity contribution is 9.10. The number of nitrogens with two attached hydrogens (primary N) is 1. The second kappa shape index (κ2) is 5.01. The van der Waals surface area contributed by atoms with E-state index in [1.807, 2.05) is 0 Å². The number of pyridine rings is 1. The Bertz CT molecular complexity index is 486. The Kier molecular flexibility index (Phi) is 3.63. The van der Waals surface area contributed by atoms with Crippen LogP contribution in [-0.4, -0.2) is 34.9 Å². The minimum atomic E-state index is -0.239. The van der Waals surface area contributed by atoms with Crippen molar-refractivity contribution in [3.05, 3.63) is 32.7 Å². The Labute approximate surface area is 107 Å². The van der Waals surface area contributed by atoms with E-state index in [0.29, 0.717) is 16.6 Å². The fourth-order valence-electron chi connectivity index (χ4n) is 1.96. The number of hydrogen-bond acceptors (Lipinski definition) is 3. The van der Waals surface area contributed by atoms with E-state index in [-0.39, 0.29) is 17.5 Å². The molecule has 0 aliphatic carbocycles. The molecule has 0 spiro atoms. The van der Waals surface area contributed by atoms with Gasteiger partial charge in [0.1, 0.15) is 0 Å². The molecule has 1 aliphatic rings. The smallest absolute Gasteiger partial charge is 0.262 e. The fraction of sp³-hybridized carbons (Fsp3) is 0.455. The normalized spacial score (nSPS) is 20.4. The molecule has 2 heterocycles. The summed E-state index contributed by atoms with van der Waals surface area (Å²) in [7, 11) is 0. The van der Waals surface area contributed by atoms with Crippen molar-refractivity contribution in [1.82, 2.24) is 9.88 Å². The lowest BCUT2D eigenvalue weighted by atomic mass is 10.1. The first kappa shape index (κ1) is 12.3. The van der Waals surface area contributed by atoms with E-state index in [4.69, 9.17) is 5.73 Å². The van der Waals surface area contributed by atoms with E-state index < -0.39 is 0 Å². The first-order chi connectivity index (χ1) is 8.08. The first-order valence-corrected chi connectivity index (χ1v) is 6.30. The summed E-state index contributed by atoms with van der Waals surface area (Å²) in [6.45, 7) is 1.30. The maximum absolute atomic E-state index is 12.1.